The zero-order valence-electron chi connectivity index (χ0n) is 6.51. The van der Waals surface area contributed by atoms with E-state index in [1.807, 2.05) is 0 Å². The summed E-state index contributed by atoms with van der Waals surface area (Å²) in [4.78, 5) is 0. The van der Waals surface area contributed by atoms with Gasteiger partial charge < -0.3 is 0 Å². The fraction of sp³-hybridized carbons (Fsp3) is 0.636. The highest BCUT2D eigenvalue weighted by molar-refractivity contribution is 5.14. The molecule has 0 amide bonds. The highest BCUT2D eigenvalue weighted by Crippen LogP contribution is 2.45. The summed E-state index contributed by atoms with van der Waals surface area (Å²) in [6.45, 7) is 2.40. The van der Waals surface area contributed by atoms with Crippen molar-refractivity contribution in [3.05, 3.63) is 24.3 Å². The number of hydrogen-bond acceptors (Lipinski definition) is 0. The standard InChI is InChI=1S/C10H14.CH4/c1-10-7-3-2-5-9(10)6-4-8-10;/h2-4,6,9H,5,7-8H2,1H3;1H4. The summed E-state index contributed by atoms with van der Waals surface area (Å²) >= 11 is 0. The van der Waals surface area contributed by atoms with Crippen LogP contribution in [0.3, 0.4) is 0 Å². The summed E-state index contributed by atoms with van der Waals surface area (Å²) in [7, 11) is 0. The van der Waals surface area contributed by atoms with Gasteiger partial charge in [0.25, 0.3) is 0 Å². The molecule has 0 aliphatic heterocycles. The van der Waals surface area contributed by atoms with Crippen LogP contribution in [0.5, 0.6) is 0 Å². The Bertz CT molecular complexity index is 188. The highest BCUT2D eigenvalue weighted by atomic mass is 14.4. The van der Waals surface area contributed by atoms with Gasteiger partial charge in [0.05, 0.1) is 0 Å². The Morgan fingerprint density at radius 3 is 2.64 bits per heavy atom. The van der Waals surface area contributed by atoms with Gasteiger partial charge in [0.2, 0.25) is 0 Å². The van der Waals surface area contributed by atoms with Crippen LogP contribution in [0.2, 0.25) is 0 Å². The first-order chi connectivity index (χ1) is 4.81. The molecule has 2 unspecified atom stereocenters. The Hall–Kier alpha value is -0.520. The molecule has 2 aliphatic rings. The molecule has 0 spiro atoms. The molecule has 0 radical (unpaired) electrons. The van der Waals surface area contributed by atoms with Gasteiger partial charge in [0.1, 0.15) is 0 Å². The minimum atomic E-state index is 0. The van der Waals surface area contributed by atoms with Crippen LogP contribution >= 0.6 is 0 Å². The van der Waals surface area contributed by atoms with E-state index in [2.05, 4.69) is 31.2 Å². The van der Waals surface area contributed by atoms with Crippen molar-refractivity contribution in [1.82, 2.24) is 0 Å². The fourth-order valence-electron chi connectivity index (χ4n) is 2.08. The zero-order valence-corrected chi connectivity index (χ0v) is 6.51. The minimum absolute atomic E-state index is 0. The van der Waals surface area contributed by atoms with E-state index in [1.54, 1.807) is 0 Å². The molecule has 62 valence electrons. The Kier molecular flexibility index (Phi) is 2.22. The molecule has 0 aromatic heterocycles. The van der Waals surface area contributed by atoms with Crippen molar-refractivity contribution >= 4 is 0 Å². The average molecular weight is 150 g/mol. The highest BCUT2D eigenvalue weighted by Gasteiger charge is 2.34. The molecule has 2 atom stereocenters. The van der Waals surface area contributed by atoms with Gasteiger partial charge in [-0.15, -0.1) is 0 Å². The van der Waals surface area contributed by atoms with E-state index in [0.29, 0.717) is 5.41 Å². The third-order valence-electron chi connectivity index (χ3n) is 2.99. The molecule has 0 heterocycles. The molecule has 0 bridgehead atoms. The van der Waals surface area contributed by atoms with Crippen LogP contribution in [-0.4, -0.2) is 0 Å². The van der Waals surface area contributed by atoms with E-state index in [4.69, 9.17) is 0 Å². The van der Waals surface area contributed by atoms with Crippen LogP contribution in [-0.2, 0) is 0 Å². The van der Waals surface area contributed by atoms with E-state index in [9.17, 15) is 0 Å². The van der Waals surface area contributed by atoms with Crippen molar-refractivity contribution in [2.45, 2.75) is 33.6 Å². The van der Waals surface area contributed by atoms with Gasteiger partial charge in [-0.05, 0) is 30.6 Å². The third-order valence-corrected chi connectivity index (χ3v) is 2.99. The quantitative estimate of drug-likeness (QED) is 0.463. The average Bonchev–Trinajstić information content (AvgIpc) is 2.29. The summed E-state index contributed by atoms with van der Waals surface area (Å²) in [5.41, 5.74) is 0.592. The zero-order chi connectivity index (χ0) is 7.03. The third kappa shape index (κ3) is 1.26. The van der Waals surface area contributed by atoms with Gasteiger partial charge in [0.15, 0.2) is 0 Å². The van der Waals surface area contributed by atoms with Crippen molar-refractivity contribution in [3.8, 4) is 0 Å². The van der Waals surface area contributed by atoms with E-state index in [1.165, 1.54) is 19.3 Å². The second-order valence-corrected chi connectivity index (χ2v) is 3.80. The predicted molar refractivity (Wildman–Crippen MR) is 50.5 cm³/mol. The maximum atomic E-state index is 2.40. The lowest BCUT2D eigenvalue weighted by Crippen LogP contribution is -2.23. The van der Waals surface area contributed by atoms with E-state index in [0.717, 1.165) is 5.92 Å². The molecule has 0 nitrogen and oxygen atoms in total. The van der Waals surface area contributed by atoms with Crippen LogP contribution in [0, 0.1) is 11.3 Å². The maximum Gasteiger partial charge on any atom is -0.0139 e. The molecule has 0 N–H and O–H groups in total. The van der Waals surface area contributed by atoms with Gasteiger partial charge in [-0.1, -0.05) is 38.7 Å². The molecular formula is C11H18. The van der Waals surface area contributed by atoms with Gasteiger partial charge in [-0.3, -0.25) is 0 Å². The van der Waals surface area contributed by atoms with Gasteiger partial charge >= 0.3 is 0 Å². The van der Waals surface area contributed by atoms with Gasteiger partial charge in [-0.2, -0.15) is 0 Å². The summed E-state index contributed by atoms with van der Waals surface area (Å²) in [6, 6.07) is 0. The number of hydrogen-bond donors (Lipinski definition) is 0. The van der Waals surface area contributed by atoms with Gasteiger partial charge in [0, 0.05) is 0 Å². The first-order valence-corrected chi connectivity index (χ1v) is 4.13. The smallest absolute Gasteiger partial charge is 0.0139 e. The number of rotatable bonds is 0. The second-order valence-electron chi connectivity index (χ2n) is 3.80. The van der Waals surface area contributed by atoms with Crippen LogP contribution in [0.4, 0.5) is 0 Å². The topological polar surface area (TPSA) is 0 Å². The lowest BCUT2D eigenvalue weighted by molar-refractivity contribution is 0.244. The normalized spacial score (nSPS) is 39.9. The Balaban J connectivity index is 0.000000605. The summed E-state index contributed by atoms with van der Waals surface area (Å²) in [6.07, 6.45) is 13.2. The van der Waals surface area contributed by atoms with Crippen molar-refractivity contribution in [2.75, 3.05) is 0 Å². The molecular weight excluding hydrogens is 132 g/mol. The molecule has 11 heavy (non-hydrogen) atoms. The summed E-state index contributed by atoms with van der Waals surface area (Å²) in [5, 5.41) is 0. The summed E-state index contributed by atoms with van der Waals surface area (Å²) < 4.78 is 0. The number of fused-ring (bicyclic) bond motifs is 1. The van der Waals surface area contributed by atoms with Crippen molar-refractivity contribution in [2.24, 2.45) is 11.3 Å². The second kappa shape index (κ2) is 2.84. The fourth-order valence-corrected chi connectivity index (χ4v) is 2.08. The van der Waals surface area contributed by atoms with Crippen LogP contribution in [0.25, 0.3) is 0 Å². The molecule has 0 heteroatoms. The predicted octanol–water partition coefficient (Wildman–Crippen LogP) is 3.55. The van der Waals surface area contributed by atoms with Gasteiger partial charge in [-0.25, -0.2) is 0 Å². The van der Waals surface area contributed by atoms with Crippen molar-refractivity contribution in [3.63, 3.8) is 0 Å². The van der Waals surface area contributed by atoms with E-state index >= 15 is 0 Å². The van der Waals surface area contributed by atoms with Crippen LogP contribution < -0.4 is 0 Å². The molecule has 0 aromatic rings. The Morgan fingerprint density at radius 1 is 1.18 bits per heavy atom. The minimum Gasteiger partial charge on any atom is -0.0879 e. The monoisotopic (exact) mass is 150 g/mol. The first-order valence-electron chi connectivity index (χ1n) is 4.13. The lowest BCUT2D eigenvalue weighted by atomic mass is 9.72. The Morgan fingerprint density at radius 2 is 1.91 bits per heavy atom. The number of allylic oxidation sites excluding steroid dienone is 4. The van der Waals surface area contributed by atoms with Crippen molar-refractivity contribution < 1.29 is 0 Å². The van der Waals surface area contributed by atoms with E-state index < -0.39 is 0 Å². The molecule has 2 aliphatic carbocycles. The summed E-state index contributed by atoms with van der Waals surface area (Å²) in [5.74, 6) is 0.845. The van der Waals surface area contributed by atoms with E-state index in [-0.39, 0.29) is 7.43 Å². The largest absolute Gasteiger partial charge is 0.0879 e. The molecule has 0 saturated carbocycles. The van der Waals surface area contributed by atoms with Crippen LogP contribution in [0.15, 0.2) is 24.3 Å². The lowest BCUT2D eigenvalue weighted by Gasteiger charge is -2.32. The van der Waals surface area contributed by atoms with Crippen molar-refractivity contribution in [1.29, 1.82) is 0 Å². The first kappa shape index (κ1) is 8.58. The molecule has 2 rings (SSSR count). The SMILES string of the molecule is C.CC12CC=CCC1C=CC2. The maximum absolute atomic E-state index is 2.40. The molecule has 0 aromatic carbocycles. The Labute approximate surface area is 70.0 Å². The molecule has 0 saturated heterocycles. The molecule has 0 fully saturated rings. The van der Waals surface area contributed by atoms with Crippen LogP contribution in [0.1, 0.15) is 33.6 Å².